The third-order valence-electron chi connectivity index (χ3n) is 5.16. The average molecular weight is 341 g/mol. The molecule has 2 aliphatic rings. The molecular weight excluding hydrogens is 314 g/mol. The maximum Gasteiger partial charge on any atom is 0.305 e. The van der Waals surface area contributed by atoms with E-state index in [9.17, 15) is 14.4 Å². The molecule has 0 aromatic rings. The number of nitrogens with zero attached hydrogens (tertiary/aromatic N) is 2. The van der Waals surface area contributed by atoms with E-state index in [1.165, 1.54) is 0 Å². The molecular formula is C16H27N3O5. The molecule has 0 radical (unpaired) electrons. The molecule has 24 heavy (non-hydrogen) atoms. The zero-order valence-electron chi connectivity index (χ0n) is 14.2. The largest absolute Gasteiger partial charge is 0.481 e. The summed E-state index contributed by atoms with van der Waals surface area (Å²) in [6.07, 6.45) is 2.67. The number of methoxy groups -OCH3 is 1. The highest BCUT2D eigenvalue weighted by Gasteiger charge is 2.42. The number of carbonyl (C=O) groups is 3. The third kappa shape index (κ3) is 4.45. The second-order valence-corrected chi connectivity index (χ2v) is 6.84. The number of ether oxygens (including phenoxy) is 1. The van der Waals surface area contributed by atoms with Gasteiger partial charge in [-0.1, -0.05) is 0 Å². The Morgan fingerprint density at radius 1 is 1.33 bits per heavy atom. The van der Waals surface area contributed by atoms with Gasteiger partial charge in [-0.2, -0.15) is 0 Å². The van der Waals surface area contributed by atoms with Crippen molar-refractivity contribution in [2.75, 3.05) is 39.9 Å². The van der Waals surface area contributed by atoms with Crippen molar-refractivity contribution < 1.29 is 24.2 Å². The number of carboxylic acid groups (broad SMARTS) is 1. The summed E-state index contributed by atoms with van der Waals surface area (Å²) < 4.78 is 5.07. The van der Waals surface area contributed by atoms with E-state index in [4.69, 9.17) is 15.6 Å². The smallest absolute Gasteiger partial charge is 0.305 e. The van der Waals surface area contributed by atoms with Gasteiger partial charge >= 0.3 is 5.97 Å². The number of carbonyl (C=O) groups excluding carboxylic acids is 2. The van der Waals surface area contributed by atoms with Crippen LogP contribution in [0.5, 0.6) is 0 Å². The van der Waals surface area contributed by atoms with Crippen molar-refractivity contribution in [2.24, 2.45) is 11.1 Å². The fourth-order valence-corrected chi connectivity index (χ4v) is 3.63. The molecule has 2 fully saturated rings. The van der Waals surface area contributed by atoms with Crippen LogP contribution in [-0.2, 0) is 19.1 Å². The summed E-state index contributed by atoms with van der Waals surface area (Å²) in [5.41, 5.74) is 5.73. The van der Waals surface area contributed by atoms with Crippen LogP contribution in [0.1, 0.15) is 32.1 Å². The molecule has 1 spiro atoms. The van der Waals surface area contributed by atoms with Crippen LogP contribution >= 0.6 is 0 Å². The molecule has 2 aliphatic heterocycles. The lowest BCUT2D eigenvalue weighted by atomic mass is 9.72. The first-order valence-corrected chi connectivity index (χ1v) is 8.40. The number of amides is 2. The number of piperidine rings is 2. The Morgan fingerprint density at radius 2 is 2.00 bits per heavy atom. The van der Waals surface area contributed by atoms with E-state index in [0.717, 1.165) is 19.3 Å². The van der Waals surface area contributed by atoms with Crippen LogP contribution in [0.15, 0.2) is 0 Å². The highest BCUT2D eigenvalue weighted by molar-refractivity contribution is 5.86. The maximum atomic E-state index is 12.2. The Morgan fingerprint density at radius 3 is 2.58 bits per heavy atom. The number of aliphatic carboxylic acids is 1. The van der Waals surface area contributed by atoms with Crippen LogP contribution in [0.4, 0.5) is 0 Å². The molecule has 2 heterocycles. The SMILES string of the molecule is COCCN1CC2(CCC1=O)CCN(C(=O)[C@@H](N)CC(=O)O)CC2. The number of likely N-dealkylation sites (tertiary alicyclic amines) is 2. The first kappa shape index (κ1) is 18.7. The van der Waals surface area contributed by atoms with E-state index in [0.29, 0.717) is 39.2 Å². The molecule has 2 saturated heterocycles. The highest BCUT2D eigenvalue weighted by Crippen LogP contribution is 2.40. The van der Waals surface area contributed by atoms with E-state index in [2.05, 4.69) is 0 Å². The van der Waals surface area contributed by atoms with Crippen LogP contribution in [-0.4, -0.2) is 78.6 Å². The Bertz CT molecular complexity index is 488. The first-order chi connectivity index (χ1) is 11.4. The van der Waals surface area contributed by atoms with E-state index >= 15 is 0 Å². The molecule has 2 amide bonds. The Labute approximate surface area is 141 Å². The number of hydrogen-bond donors (Lipinski definition) is 2. The van der Waals surface area contributed by atoms with Crippen molar-refractivity contribution in [3.63, 3.8) is 0 Å². The summed E-state index contributed by atoms with van der Waals surface area (Å²) in [4.78, 5) is 38.5. The lowest BCUT2D eigenvalue weighted by Gasteiger charge is -2.47. The first-order valence-electron chi connectivity index (χ1n) is 8.40. The van der Waals surface area contributed by atoms with Crippen molar-refractivity contribution >= 4 is 17.8 Å². The summed E-state index contributed by atoms with van der Waals surface area (Å²) in [6.45, 7) is 2.97. The standard InChI is InChI=1S/C16H27N3O5/c1-24-9-8-19-11-16(3-2-13(19)20)4-6-18(7-5-16)15(23)12(17)10-14(21)22/h12H,2-11,17H2,1H3,(H,21,22)/t12-/m0/s1. The Kier molecular flexibility index (Phi) is 6.17. The van der Waals surface area contributed by atoms with Gasteiger partial charge in [-0.25, -0.2) is 0 Å². The summed E-state index contributed by atoms with van der Waals surface area (Å²) in [6, 6.07) is -0.984. The molecule has 0 aromatic heterocycles. The van der Waals surface area contributed by atoms with Crippen molar-refractivity contribution in [3.05, 3.63) is 0 Å². The van der Waals surface area contributed by atoms with Gasteiger partial charge in [-0.15, -0.1) is 0 Å². The summed E-state index contributed by atoms with van der Waals surface area (Å²) >= 11 is 0. The van der Waals surface area contributed by atoms with Gasteiger partial charge in [-0.3, -0.25) is 14.4 Å². The van der Waals surface area contributed by atoms with Gasteiger partial charge in [0.15, 0.2) is 0 Å². The highest BCUT2D eigenvalue weighted by atomic mass is 16.5. The van der Waals surface area contributed by atoms with Crippen molar-refractivity contribution in [3.8, 4) is 0 Å². The van der Waals surface area contributed by atoms with Gasteiger partial charge in [0.2, 0.25) is 11.8 Å². The van der Waals surface area contributed by atoms with Gasteiger partial charge in [0.05, 0.1) is 19.1 Å². The predicted octanol–water partition coefficient (Wildman–Crippen LogP) is -0.334. The van der Waals surface area contributed by atoms with Crippen LogP contribution < -0.4 is 5.73 Å². The van der Waals surface area contributed by atoms with Gasteiger partial charge < -0.3 is 25.4 Å². The second kappa shape index (κ2) is 7.94. The molecule has 0 aromatic carbocycles. The van der Waals surface area contributed by atoms with Crippen LogP contribution in [0, 0.1) is 5.41 Å². The predicted molar refractivity (Wildman–Crippen MR) is 86.2 cm³/mol. The van der Waals surface area contributed by atoms with E-state index in [1.807, 2.05) is 4.90 Å². The molecule has 0 unspecified atom stereocenters. The molecule has 3 N–H and O–H groups in total. The fourth-order valence-electron chi connectivity index (χ4n) is 3.63. The molecule has 2 rings (SSSR count). The molecule has 0 bridgehead atoms. The van der Waals surface area contributed by atoms with Crippen molar-refractivity contribution in [1.82, 2.24) is 9.80 Å². The topological polar surface area (TPSA) is 113 Å². The Balaban J connectivity index is 1.90. The minimum absolute atomic E-state index is 0.0509. The monoisotopic (exact) mass is 341 g/mol. The number of nitrogens with two attached hydrogens (primary N) is 1. The minimum atomic E-state index is -1.07. The fraction of sp³-hybridized carbons (Fsp3) is 0.812. The summed E-state index contributed by atoms with van der Waals surface area (Å²) in [5.74, 6) is -1.20. The molecule has 8 heteroatoms. The minimum Gasteiger partial charge on any atom is -0.481 e. The molecule has 8 nitrogen and oxygen atoms in total. The van der Waals surface area contributed by atoms with E-state index in [-0.39, 0.29) is 23.7 Å². The summed E-state index contributed by atoms with van der Waals surface area (Å²) in [7, 11) is 1.62. The molecule has 0 aliphatic carbocycles. The third-order valence-corrected chi connectivity index (χ3v) is 5.16. The average Bonchev–Trinajstić information content (AvgIpc) is 2.55. The van der Waals surface area contributed by atoms with Gasteiger partial charge in [0.25, 0.3) is 0 Å². The van der Waals surface area contributed by atoms with E-state index < -0.39 is 12.0 Å². The zero-order valence-corrected chi connectivity index (χ0v) is 14.2. The lowest BCUT2D eigenvalue weighted by Crippen LogP contribution is -2.55. The zero-order chi connectivity index (χ0) is 17.7. The van der Waals surface area contributed by atoms with Gasteiger partial charge in [0, 0.05) is 39.7 Å². The summed E-state index contributed by atoms with van der Waals surface area (Å²) in [5, 5.41) is 8.76. The maximum absolute atomic E-state index is 12.2. The molecule has 136 valence electrons. The van der Waals surface area contributed by atoms with Gasteiger partial charge in [0.1, 0.15) is 0 Å². The van der Waals surface area contributed by atoms with Gasteiger partial charge in [-0.05, 0) is 24.7 Å². The van der Waals surface area contributed by atoms with Crippen molar-refractivity contribution in [1.29, 1.82) is 0 Å². The van der Waals surface area contributed by atoms with Crippen molar-refractivity contribution in [2.45, 2.75) is 38.1 Å². The molecule has 1 atom stereocenters. The van der Waals surface area contributed by atoms with Crippen LogP contribution in [0.25, 0.3) is 0 Å². The van der Waals surface area contributed by atoms with Crippen LogP contribution in [0.3, 0.4) is 0 Å². The number of rotatable bonds is 6. The lowest BCUT2D eigenvalue weighted by molar-refractivity contribution is -0.145. The normalized spacial score (nSPS) is 21.8. The quantitative estimate of drug-likeness (QED) is 0.684. The van der Waals surface area contributed by atoms with E-state index in [1.54, 1.807) is 12.0 Å². The van der Waals surface area contributed by atoms with Crippen LogP contribution in [0.2, 0.25) is 0 Å². The molecule has 0 saturated carbocycles. The Hall–Kier alpha value is -1.67. The second-order valence-electron chi connectivity index (χ2n) is 6.84. The number of carboxylic acids is 1. The number of hydrogen-bond acceptors (Lipinski definition) is 5.